The quantitative estimate of drug-likeness (QED) is 0.227. The van der Waals surface area contributed by atoms with Gasteiger partial charge in [-0.25, -0.2) is 4.98 Å². The number of nitrogens with zero attached hydrogens (tertiary/aromatic N) is 3. The van der Waals surface area contributed by atoms with E-state index in [1.165, 1.54) is 0 Å². The van der Waals surface area contributed by atoms with E-state index in [0.717, 1.165) is 31.0 Å². The molecule has 1 heterocycles. The number of aliphatic imine (C=N–C) groups is 1. The first-order chi connectivity index (χ1) is 12.3. The van der Waals surface area contributed by atoms with Gasteiger partial charge in [-0.1, -0.05) is 6.07 Å². The summed E-state index contributed by atoms with van der Waals surface area (Å²) in [6, 6.07) is 5.07. The van der Waals surface area contributed by atoms with Crippen LogP contribution in [0.3, 0.4) is 0 Å². The number of halogens is 1. The predicted octanol–water partition coefficient (Wildman–Crippen LogP) is 3.66. The fraction of sp³-hybridized carbons (Fsp3) is 0.700. The van der Waals surface area contributed by atoms with Crippen molar-refractivity contribution in [3.63, 3.8) is 0 Å². The Bertz CT molecular complexity index is 524. The molecule has 156 valence electrons. The first-order valence-electron chi connectivity index (χ1n) is 9.65. The summed E-state index contributed by atoms with van der Waals surface area (Å²) in [6.07, 6.45) is 3.05. The van der Waals surface area contributed by atoms with Crippen LogP contribution in [0.5, 0.6) is 5.88 Å². The van der Waals surface area contributed by atoms with Crippen LogP contribution in [0.4, 0.5) is 0 Å². The third-order valence-electron chi connectivity index (χ3n) is 4.05. The molecule has 0 fully saturated rings. The third kappa shape index (κ3) is 10.7. The van der Waals surface area contributed by atoms with E-state index in [1.54, 1.807) is 7.05 Å². The maximum absolute atomic E-state index is 5.56. The summed E-state index contributed by atoms with van der Waals surface area (Å²) in [6.45, 7) is 15.6. The highest BCUT2D eigenvalue weighted by Crippen LogP contribution is 2.09. The molecule has 0 radical (unpaired) electrons. The molecule has 0 spiro atoms. The molecule has 0 atom stereocenters. The van der Waals surface area contributed by atoms with Gasteiger partial charge in [-0.2, -0.15) is 0 Å². The standard InChI is InChI=1S/C20H37N5O.HI/c1-15(2)25(16(3)4)12-8-11-22-20(21-7)24-14-18-9-10-19(23-13-18)26-17(5)6;/h9-10,13,15-17H,8,11-12,14H2,1-7H3,(H2,21,22,24);1H. The van der Waals surface area contributed by atoms with Gasteiger partial charge in [-0.3, -0.25) is 9.89 Å². The van der Waals surface area contributed by atoms with Gasteiger partial charge in [-0.15, -0.1) is 24.0 Å². The molecule has 1 rings (SSSR count). The SMILES string of the molecule is CN=C(NCCCN(C(C)C)C(C)C)NCc1ccc(OC(C)C)nc1.I. The molecule has 0 amide bonds. The zero-order valence-corrected chi connectivity index (χ0v) is 20.3. The second-order valence-electron chi connectivity index (χ2n) is 7.30. The lowest BCUT2D eigenvalue weighted by atomic mass is 10.2. The molecule has 1 aromatic heterocycles. The lowest BCUT2D eigenvalue weighted by Gasteiger charge is -2.30. The number of aromatic nitrogens is 1. The third-order valence-corrected chi connectivity index (χ3v) is 4.05. The molecule has 27 heavy (non-hydrogen) atoms. The molecule has 1 aromatic rings. The summed E-state index contributed by atoms with van der Waals surface area (Å²) in [4.78, 5) is 11.1. The fourth-order valence-corrected chi connectivity index (χ4v) is 2.81. The number of guanidine groups is 1. The Morgan fingerprint density at radius 2 is 1.78 bits per heavy atom. The zero-order valence-electron chi connectivity index (χ0n) is 18.0. The topological polar surface area (TPSA) is 61.8 Å². The van der Waals surface area contributed by atoms with Crippen molar-refractivity contribution in [1.29, 1.82) is 0 Å². The zero-order chi connectivity index (χ0) is 19.5. The van der Waals surface area contributed by atoms with Gasteiger partial charge in [0.25, 0.3) is 0 Å². The number of rotatable bonds is 10. The van der Waals surface area contributed by atoms with Crippen LogP contribution in [-0.2, 0) is 6.54 Å². The molecule has 2 N–H and O–H groups in total. The molecule has 6 nitrogen and oxygen atoms in total. The molecule has 0 saturated heterocycles. The van der Waals surface area contributed by atoms with Crippen LogP contribution in [0.1, 0.15) is 53.5 Å². The predicted molar refractivity (Wildman–Crippen MR) is 125 cm³/mol. The van der Waals surface area contributed by atoms with Crippen LogP contribution >= 0.6 is 24.0 Å². The van der Waals surface area contributed by atoms with Gasteiger partial charge >= 0.3 is 0 Å². The van der Waals surface area contributed by atoms with Crippen LogP contribution in [0.2, 0.25) is 0 Å². The molecule has 0 aliphatic heterocycles. The van der Waals surface area contributed by atoms with E-state index in [4.69, 9.17) is 4.74 Å². The van der Waals surface area contributed by atoms with Crippen molar-refractivity contribution in [1.82, 2.24) is 20.5 Å². The Labute approximate surface area is 182 Å². The first kappa shape index (κ1) is 25.9. The molecule has 0 aliphatic rings. The normalized spacial score (nSPS) is 11.9. The Morgan fingerprint density at radius 1 is 1.11 bits per heavy atom. The van der Waals surface area contributed by atoms with Crippen LogP contribution in [0.25, 0.3) is 0 Å². The lowest BCUT2D eigenvalue weighted by molar-refractivity contribution is 0.173. The van der Waals surface area contributed by atoms with Crippen LogP contribution < -0.4 is 15.4 Å². The van der Waals surface area contributed by atoms with Crippen molar-refractivity contribution in [2.24, 2.45) is 4.99 Å². The van der Waals surface area contributed by atoms with Gasteiger partial charge in [0.1, 0.15) is 0 Å². The average Bonchev–Trinajstić information content (AvgIpc) is 2.57. The number of nitrogens with one attached hydrogen (secondary N) is 2. The fourth-order valence-electron chi connectivity index (χ4n) is 2.81. The molecule has 0 aliphatic carbocycles. The van der Waals surface area contributed by atoms with E-state index >= 15 is 0 Å². The molecule has 0 aromatic carbocycles. The Hall–Kier alpha value is -1.09. The Kier molecular flexibility index (Phi) is 13.4. The highest BCUT2D eigenvalue weighted by Gasteiger charge is 2.12. The van der Waals surface area contributed by atoms with E-state index in [2.05, 4.69) is 53.2 Å². The van der Waals surface area contributed by atoms with E-state index in [1.807, 2.05) is 32.2 Å². The highest BCUT2D eigenvalue weighted by atomic mass is 127. The second-order valence-corrected chi connectivity index (χ2v) is 7.30. The Balaban J connectivity index is 0.00000676. The smallest absolute Gasteiger partial charge is 0.213 e. The van der Waals surface area contributed by atoms with Crippen molar-refractivity contribution in [2.75, 3.05) is 20.1 Å². The molecule has 0 saturated carbocycles. The average molecular weight is 491 g/mol. The van der Waals surface area contributed by atoms with Crippen molar-refractivity contribution in [3.8, 4) is 5.88 Å². The summed E-state index contributed by atoms with van der Waals surface area (Å²) in [5.74, 6) is 1.47. The molecule has 0 unspecified atom stereocenters. The molecule has 7 heteroatoms. The van der Waals surface area contributed by atoms with Crippen LogP contribution in [-0.4, -0.2) is 54.2 Å². The molecular weight excluding hydrogens is 453 g/mol. The van der Waals surface area contributed by atoms with Gasteiger partial charge in [0.2, 0.25) is 5.88 Å². The van der Waals surface area contributed by atoms with Crippen molar-refractivity contribution < 1.29 is 4.74 Å². The minimum Gasteiger partial charge on any atom is -0.475 e. The van der Waals surface area contributed by atoms with Gasteiger partial charge in [0.15, 0.2) is 5.96 Å². The van der Waals surface area contributed by atoms with Gasteiger partial charge in [-0.05, 0) is 53.5 Å². The summed E-state index contributed by atoms with van der Waals surface area (Å²) in [5, 5.41) is 6.70. The van der Waals surface area contributed by atoms with E-state index < -0.39 is 0 Å². The van der Waals surface area contributed by atoms with Crippen LogP contribution in [0, 0.1) is 0 Å². The van der Waals surface area contributed by atoms with E-state index in [0.29, 0.717) is 24.5 Å². The minimum atomic E-state index is 0. The van der Waals surface area contributed by atoms with Crippen molar-refractivity contribution in [2.45, 2.75) is 72.7 Å². The second kappa shape index (κ2) is 14.0. The Morgan fingerprint density at radius 3 is 2.26 bits per heavy atom. The summed E-state index contributed by atoms with van der Waals surface area (Å²) >= 11 is 0. The van der Waals surface area contributed by atoms with Gasteiger partial charge in [0, 0.05) is 51.0 Å². The first-order valence-corrected chi connectivity index (χ1v) is 9.65. The van der Waals surface area contributed by atoms with E-state index in [9.17, 15) is 0 Å². The van der Waals surface area contributed by atoms with Gasteiger partial charge in [0.05, 0.1) is 6.10 Å². The summed E-state index contributed by atoms with van der Waals surface area (Å²) in [7, 11) is 1.79. The molecule has 0 bridgehead atoms. The largest absolute Gasteiger partial charge is 0.475 e. The summed E-state index contributed by atoms with van der Waals surface area (Å²) < 4.78 is 5.56. The number of pyridine rings is 1. The number of hydrogen-bond donors (Lipinski definition) is 2. The van der Waals surface area contributed by atoms with Crippen molar-refractivity contribution in [3.05, 3.63) is 23.9 Å². The highest BCUT2D eigenvalue weighted by molar-refractivity contribution is 14.0. The maximum atomic E-state index is 5.56. The number of hydrogen-bond acceptors (Lipinski definition) is 4. The van der Waals surface area contributed by atoms with Crippen LogP contribution in [0.15, 0.2) is 23.3 Å². The van der Waals surface area contributed by atoms with Gasteiger partial charge < -0.3 is 15.4 Å². The van der Waals surface area contributed by atoms with Crippen molar-refractivity contribution >= 4 is 29.9 Å². The number of ether oxygens (including phenoxy) is 1. The lowest BCUT2D eigenvalue weighted by Crippen LogP contribution is -2.41. The summed E-state index contributed by atoms with van der Waals surface area (Å²) in [5.41, 5.74) is 1.09. The monoisotopic (exact) mass is 491 g/mol. The molecular formula is C20H38IN5O. The maximum Gasteiger partial charge on any atom is 0.213 e. The van der Waals surface area contributed by atoms with E-state index in [-0.39, 0.29) is 30.1 Å². The minimum absolute atomic E-state index is 0.